The molecule has 6 nitrogen and oxygen atoms in total. The molecule has 150 valence electrons. The Bertz CT molecular complexity index is 867. The van der Waals surface area contributed by atoms with Crippen LogP contribution in [0.2, 0.25) is 0 Å². The summed E-state index contributed by atoms with van der Waals surface area (Å²) in [4.78, 5) is 18.1. The predicted molar refractivity (Wildman–Crippen MR) is 102 cm³/mol. The number of aliphatic hydroxyl groups excluding tert-OH is 1. The van der Waals surface area contributed by atoms with Crippen LogP contribution in [0.15, 0.2) is 45.9 Å². The number of carbonyl (C=O) groups is 1. The first-order valence-corrected chi connectivity index (χ1v) is 10.1. The normalized spacial score (nSPS) is 18.2. The second kappa shape index (κ2) is 8.27. The SMILES string of the molecule is O=C(Nc1ccc([S+]([O-])C(F)(F)F)cc1)c1cnc(N2CCC(O)C2)c(Br)c1. The Morgan fingerprint density at radius 3 is 2.57 bits per heavy atom. The predicted octanol–water partition coefficient (Wildman–Crippen LogP) is 3.29. The number of hydrogen-bond acceptors (Lipinski definition) is 5. The van der Waals surface area contributed by atoms with Gasteiger partial charge in [-0.05, 0) is 52.7 Å². The third-order valence-electron chi connectivity index (χ3n) is 4.08. The van der Waals surface area contributed by atoms with E-state index in [2.05, 4.69) is 26.2 Å². The van der Waals surface area contributed by atoms with Gasteiger partial charge in [0.15, 0.2) is 4.90 Å². The minimum absolute atomic E-state index is 0.248. The first kappa shape index (κ1) is 20.9. The van der Waals surface area contributed by atoms with Crippen LogP contribution in [-0.4, -0.2) is 45.3 Å². The number of carbonyl (C=O) groups excluding carboxylic acids is 1. The van der Waals surface area contributed by atoms with Crippen molar-refractivity contribution in [1.82, 2.24) is 4.98 Å². The Hall–Kier alpha value is -1.82. The van der Waals surface area contributed by atoms with Gasteiger partial charge in [0.1, 0.15) is 5.82 Å². The number of amides is 1. The molecule has 0 saturated carbocycles. The zero-order valence-electron chi connectivity index (χ0n) is 14.2. The van der Waals surface area contributed by atoms with Crippen LogP contribution in [0, 0.1) is 0 Å². The Morgan fingerprint density at radius 2 is 2.04 bits per heavy atom. The molecule has 1 aliphatic rings. The van der Waals surface area contributed by atoms with Gasteiger partial charge < -0.3 is 19.9 Å². The van der Waals surface area contributed by atoms with Gasteiger partial charge in [-0.15, -0.1) is 13.2 Å². The third-order valence-corrected chi connectivity index (χ3v) is 5.79. The summed E-state index contributed by atoms with van der Waals surface area (Å²) >= 11 is 0.250. The summed E-state index contributed by atoms with van der Waals surface area (Å²) in [5.41, 5.74) is -4.33. The zero-order valence-corrected chi connectivity index (χ0v) is 16.6. The molecule has 1 saturated heterocycles. The van der Waals surface area contributed by atoms with Crippen molar-refractivity contribution in [3.63, 3.8) is 0 Å². The number of benzene rings is 1. The molecule has 1 aromatic carbocycles. The van der Waals surface area contributed by atoms with E-state index in [-0.39, 0.29) is 11.3 Å². The molecule has 1 aliphatic heterocycles. The number of anilines is 2. The molecule has 0 spiro atoms. The van der Waals surface area contributed by atoms with Gasteiger partial charge in [0.05, 0.1) is 27.3 Å². The van der Waals surface area contributed by atoms with Crippen molar-refractivity contribution in [3.8, 4) is 0 Å². The van der Waals surface area contributed by atoms with Gasteiger partial charge >= 0.3 is 5.51 Å². The van der Waals surface area contributed by atoms with E-state index in [1.165, 1.54) is 18.3 Å². The van der Waals surface area contributed by atoms with Gasteiger partial charge in [-0.2, -0.15) is 0 Å². The number of pyridine rings is 1. The molecule has 0 radical (unpaired) electrons. The number of rotatable bonds is 4. The Morgan fingerprint density at radius 1 is 1.36 bits per heavy atom. The van der Waals surface area contributed by atoms with E-state index >= 15 is 0 Å². The number of nitrogens with one attached hydrogen (secondary N) is 1. The molecule has 11 heteroatoms. The molecule has 2 heterocycles. The second-order valence-corrected chi connectivity index (χ2v) is 8.44. The van der Waals surface area contributed by atoms with Crippen molar-refractivity contribution in [2.45, 2.75) is 22.9 Å². The van der Waals surface area contributed by atoms with E-state index in [1.54, 1.807) is 6.07 Å². The lowest BCUT2D eigenvalue weighted by Gasteiger charge is -2.18. The third kappa shape index (κ3) is 4.77. The number of aliphatic hydroxyl groups is 1. The van der Waals surface area contributed by atoms with Crippen molar-refractivity contribution < 1.29 is 27.6 Å². The van der Waals surface area contributed by atoms with Crippen LogP contribution in [0.3, 0.4) is 0 Å². The maximum atomic E-state index is 12.5. The minimum Gasteiger partial charge on any atom is -0.604 e. The van der Waals surface area contributed by atoms with Gasteiger partial charge in [-0.1, -0.05) is 0 Å². The summed E-state index contributed by atoms with van der Waals surface area (Å²) in [7, 11) is 0. The maximum absolute atomic E-state index is 12.5. The van der Waals surface area contributed by atoms with Gasteiger partial charge in [-0.3, -0.25) is 4.79 Å². The fourth-order valence-electron chi connectivity index (χ4n) is 2.72. The van der Waals surface area contributed by atoms with Crippen molar-refractivity contribution in [3.05, 3.63) is 46.6 Å². The highest BCUT2D eigenvalue weighted by Gasteiger charge is 2.45. The first-order valence-electron chi connectivity index (χ1n) is 8.13. The van der Waals surface area contributed by atoms with E-state index in [1.807, 2.05) is 4.90 Å². The smallest absolute Gasteiger partial charge is 0.578 e. The Kier molecular flexibility index (Phi) is 6.18. The quantitative estimate of drug-likeness (QED) is 0.659. The Labute approximate surface area is 170 Å². The highest BCUT2D eigenvalue weighted by molar-refractivity contribution is 9.10. The van der Waals surface area contributed by atoms with Crippen LogP contribution in [0.1, 0.15) is 16.8 Å². The van der Waals surface area contributed by atoms with Crippen LogP contribution in [0.5, 0.6) is 0 Å². The molecule has 28 heavy (non-hydrogen) atoms. The average Bonchev–Trinajstić information content (AvgIpc) is 3.07. The molecule has 2 unspecified atom stereocenters. The Balaban J connectivity index is 1.68. The van der Waals surface area contributed by atoms with Crippen LogP contribution in [0.25, 0.3) is 0 Å². The molecular weight excluding hydrogens is 463 g/mol. The summed E-state index contributed by atoms with van der Waals surface area (Å²) in [5, 5.41) is 12.2. The lowest BCUT2D eigenvalue weighted by molar-refractivity contribution is -0.0435. The fraction of sp³-hybridized carbons (Fsp3) is 0.294. The number of β-amino-alcohol motifs (C(OH)–C–C–N with tert-alkyl or cyclic N) is 1. The minimum atomic E-state index is -4.84. The molecule has 1 amide bonds. The van der Waals surface area contributed by atoms with Crippen LogP contribution < -0.4 is 10.2 Å². The van der Waals surface area contributed by atoms with E-state index in [4.69, 9.17) is 0 Å². The maximum Gasteiger partial charge on any atom is 0.578 e. The molecule has 0 aliphatic carbocycles. The van der Waals surface area contributed by atoms with E-state index in [0.29, 0.717) is 29.8 Å². The molecule has 3 rings (SSSR count). The summed E-state index contributed by atoms with van der Waals surface area (Å²) in [6, 6.07) is 6.18. The highest BCUT2D eigenvalue weighted by atomic mass is 79.9. The topological polar surface area (TPSA) is 88.5 Å². The molecule has 1 aromatic heterocycles. The molecule has 2 N–H and O–H groups in total. The number of nitrogens with zero attached hydrogens (tertiary/aromatic N) is 2. The van der Waals surface area contributed by atoms with Crippen LogP contribution in [-0.2, 0) is 11.2 Å². The summed E-state index contributed by atoms with van der Waals surface area (Å²) in [6.07, 6.45) is 1.62. The summed E-state index contributed by atoms with van der Waals surface area (Å²) < 4.78 is 49.3. The van der Waals surface area contributed by atoms with Crippen molar-refractivity contribution in [1.29, 1.82) is 0 Å². The molecule has 2 aromatic rings. The van der Waals surface area contributed by atoms with Gasteiger partial charge in [0.2, 0.25) is 0 Å². The number of aromatic nitrogens is 1. The first-order chi connectivity index (χ1) is 13.1. The van der Waals surface area contributed by atoms with E-state index in [0.717, 1.165) is 12.1 Å². The number of hydrogen-bond donors (Lipinski definition) is 2. The second-order valence-electron chi connectivity index (χ2n) is 6.11. The largest absolute Gasteiger partial charge is 0.604 e. The summed E-state index contributed by atoms with van der Waals surface area (Å²) in [5.74, 6) is 0.123. The van der Waals surface area contributed by atoms with Gasteiger partial charge in [-0.25, -0.2) is 4.98 Å². The van der Waals surface area contributed by atoms with Gasteiger partial charge in [0.25, 0.3) is 5.91 Å². The number of halogens is 4. The molecule has 2 atom stereocenters. The molecule has 0 bridgehead atoms. The van der Waals surface area contributed by atoms with Crippen LogP contribution >= 0.6 is 15.9 Å². The van der Waals surface area contributed by atoms with Crippen molar-refractivity contribution in [2.24, 2.45) is 0 Å². The van der Waals surface area contributed by atoms with Crippen molar-refractivity contribution >= 4 is 44.5 Å². The monoisotopic (exact) mass is 477 g/mol. The van der Waals surface area contributed by atoms with Crippen LogP contribution in [0.4, 0.5) is 24.7 Å². The lowest BCUT2D eigenvalue weighted by atomic mass is 10.2. The number of alkyl halides is 3. The van der Waals surface area contributed by atoms with Gasteiger partial charge in [0, 0.05) is 25.0 Å². The van der Waals surface area contributed by atoms with E-state index in [9.17, 15) is 27.6 Å². The standard InChI is InChI=1S/C17H15BrF3N3O3S/c18-14-7-10(8-22-15(14)24-6-5-12(25)9-24)16(26)23-11-1-3-13(4-2-11)28(27)17(19,20)21/h1-4,7-8,12,25H,5-6,9H2,(H,23,26). The molecule has 1 fully saturated rings. The van der Waals surface area contributed by atoms with E-state index < -0.39 is 33.6 Å². The summed E-state index contributed by atoms with van der Waals surface area (Å²) in [6.45, 7) is 1.12. The zero-order chi connectivity index (χ0) is 20.5. The molecular formula is C17H15BrF3N3O3S. The fourth-order valence-corrected chi connectivity index (χ4v) is 3.97. The average molecular weight is 478 g/mol. The lowest BCUT2D eigenvalue weighted by Crippen LogP contribution is -2.23. The highest BCUT2D eigenvalue weighted by Crippen LogP contribution is 2.31. The van der Waals surface area contributed by atoms with Crippen molar-refractivity contribution in [2.75, 3.05) is 23.3 Å².